The molecular formula is C14H15N5O3S. The number of rotatable bonds is 6. The van der Waals surface area contributed by atoms with Gasteiger partial charge in [0.1, 0.15) is 5.69 Å². The van der Waals surface area contributed by atoms with E-state index in [-0.39, 0.29) is 24.4 Å². The van der Waals surface area contributed by atoms with Gasteiger partial charge in [0, 0.05) is 17.7 Å². The Balaban J connectivity index is 1.83. The summed E-state index contributed by atoms with van der Waals surface area (Å²) in [6.07, 6.45) is 3.67. The van der Waals surface area contributed by atoms with Crippen LogP contribution in [0.5, 0.6) is 0 Å². The molecule has 1 heterocycles. The van der Waals surface area contributed by atoms with E-state index in [4.69, 9.17) is 0 Å². The van der Waals surface area contributed by atoms with Crippen LogP contribution in [0.3, 0.4) is 0 Å². The topological polar surface area (TPSA) is 120 Å². The fraction of sp³-hybridized carbons (Fsp3) is 0.214. The number of thioether (sulfide) groups is 1. The molecule has 120 valence electrons. The zero-order chi connectivity index (χ0) is 16.7. The van der Waals surface area contributed by atoms with E-state index < -0.39 is 11.2 Å². The van der Waals surface area contributed by atoms with Crippen molar-refractivity contribution in [2.45, 2.75) is 17.7 Å². The Bertz CT molecular complexity index is 810. The molecule has 0 aliphatic rings. The zero-order valence-electron chi connectivity index (χ0n) is 12.3. The molecule has 1 aromatic heterocycles. The molecule has 0 aliphatic heterocycles. The number of hydrazone groups is 1. The number of aromatic amines is 2. The Kier molecular flexibility index (Phi) is 5.87. The van der Waals surface area contributed by atoms with Gasteiger partial charge in [0.15, 0.2) is 0 Å². The number of hydrogen-bond acceptors (Lipinski definition) is 6. The highest BCUT2D eigenvalue weighted by atomic mass is 32.2. The maximum absolute atomic E-state index is 11.6. The van der Waals surface area contributed by atoms with Crippen molar-refractivity contribution < 1.29 is 4.79 Å². The normalized spacial score (nSPS) is 10.8. The van der Waals surface area contributed by atoms with Crippen molar-refractivity contribution in [1.29, 1.82) is 0 Å². The summed E-state index contributed by atoms with van der Waals surface area (Å²) in [6, 6.07) is 7.71. The second-order valence-electron chi connectivity index (χ2n) is 4.52. The van der Waals surface area contributed by atoms with E-state index in [9.17, 15) is 14.4 Å². The summed E-state index contributed by atoms with van der Waals surface area (Å²) < 4.78 is 0. The first-order chi connectivity index (χ1) is 11.1. The molecule has 0 atom stereocenters. The summed E-state index contributed by atoms with van der Waals surface area (Å²) in [4.78, 5) is 37.1. The predicted octanol–water partition coefficient (Wildman–Crippen LogP) is 0.263. The number of nitrogens with zero attached hydrogens (tertiary/aromatic N) is 2. The molecule has 0 radical (unpaired) electrons. The third-order valence-electron chi connectivity index (χ3n) is 2.89. The second kappa shape index (κ2) is 8.08. The van der Waals surface area contributed by atoms with Crippen LogP contribution in [0.25, 0.3) is 0 Å². The smallest absolute Gasteiger partial charge is 0.273 e. The monoisotopic (exact) mass is 333 g/mol. The SMILES string of the molecule is CSc1ccc(/C=N/NC(=O)CCc2n[nH]c(=O)[nH]c2=O)cc1. The van der Waals surface area contributed by atoms with E-state index in [1.807, 2.05) is 35.5 Å². The standard InChI is InChI=1S/C14H15N5O3S/c1-23-10-4-2-9(3-5-10)8-15-18-12(20)7-6-11-13(21)16-14(22)19-17-11/h2-5,8H,6-7H2,1H3,(H,18,20)(H2,16,19,21,22)/b15-8+. The lowest BCUT2D eigenvalue weighted by Gasteiger charge is -1.99. The molecule has 0 aliphatic carbocycles. The molecule has 1 aromatic carbocycles. The minimum Gasteiger partial charge on any atom is -0.273 e. The van der Waals surface area contributed by atoms with Gasteiger partial charge in [0.25, 0.3) is 5.56 Å². The van der Waals surface area contributed by atoms with Crippen LogP contribution in [0.2, 0.25) is 0 Å². The minimum atomic E-state index is -0.680. The molecule has 0 saturated heterocycles. The Hall–Kier alpha value is -2.68. The van der Waals surface area contributed by atoms with Gasteiger partial charge >= 0.3 is 5.69 Å². The predicted molar refractivity (Wildman–Crippen MR) is 87.8 cm³/mol. The number of H-pyrrole nitrogens is 2. The average Bonchev–Trinajstić information content (AvgIpc) is 2.54. The van der Waals surface area contributed by atoms with E-state index in [2.05, 4.69) is 20.7 Å². The van der Waals surface area contributed by atoms with Crippen LogP contribution in [0, 0.1) is 0 Å². The molecular weight excluding hydrogens is 318 g/mol. The fourth-order valence-electron chi connectivity index (χ4n) is 1.70. The molecule has 0 bridgehead atoms. The number of aryl methyl sites for hydroxylation is 1. The molecule has 9 heteroatoms. The van der Waals surface area contributed by atoms with Gasteiger partial charge in [-0.25, -0.2) is 15.3 Å². The first-order valence-electron chi connectivity index (χ1n) is 6.72. The lowest BCUT2D eigenvalue weighted by molar-refractivity contribution is -0.121. The van der Waals surface area contributed by atoms with Crippen molar-refractivity contribution in [3.8, 4) is 0 Å². The van der Waals surface area contributed by atoms with Gasteiger partial charge < -0.3 is 0 Å². The number of amides is 1. The second-order valence-corrected chi connectivity index (χ2v) is 5.40. The van der Waals surface area contributed by atoms with Crippen molar-refractivity contribution in [2.24, 2.45) is 5.10 Å². The van der Waals surface area contributed by atoms with Gasteiger partial charge in [-0.1, -0.05) is 12.1 Å². The summed E-state index contributed by atoms with van der Waals surface area (Å²) in [5.41, 5.74) is 2.05. The maximum atomic E-state index is 11.6. The van der Waals surface area contributed by atoms with Crippen molar-refractivity contribution in [1.82, 2.24) is 20.6 Å². The lowest BCUT2D eigenvalue weighted by atomic mass is 10.2. The van der Waals surface area contributed by atoms with Crippen molar-refractivity contribution in [3.05, 3.63) is 56.4 Å². The quantitative estimate of drug-likeness (QED) is 0.398. The van der Waals surface area contributed by atoms with Crippen LogP contribution in [0.1, 0.15) is 17.7 Å². The number of carbonyl (C=O) groups is 1. The molecule has 2 aromatic rings. The van der Waals surface area contributed by atoms with Crippen LogP contribution in [0.4, 0.5) is 0 Å². The highest BCUT2D eigenvalue weighted by molar-refractivity contribution is 7.98. The van der Waals surface area contributed by atoms with Crippen LogP contribution < -0.4 is 16.7 Å². The third-order valence-corrected chi connectivity index (χ3v) is 3.63. The summed E-state index contributed by atoms with van der Waals surface area (Å²) in [5, 5.41) is 9.56. The number of benzene rings is 1. The Morgan fingerprint density at radius 3 is 2.74 bits per heavy atom. The van der Waals surface area contributed by atoms with Gasteiger partial charge in [0.2, 0.25) is 5.91 Å². The van der Waals surface area contributed by atoms with E-state index in [1.54, 1.807) is 11.8 Å². The van der Waals surface area contributed by atoms with Crippen LogP contribution >= 0.6 is 11.8 Å². The minimum absolute atomic E-state index is 0.0326. The number of hydrogen-bond donors (Lipinski definition) is 3. The molecule has 23 heavy (non-hydrogen) atoms. The Morgan fingerprint density at radius 2 is 2.09 bits per heavy atom. The number of aromatic nitrogens is 3. The molecule has 0 spiro atoms. The van der Waals surface area contributed by atoms with Gasteiger partial charge in [0.05, 0.1) is 6.21 Å². The van der Waals surface area contributed by atoms with Gasteiger partial charge in [-0.15, -0.1) is 11.8 Å². The van der Waals surface area contributed by atoms with Gasteiger partial charge in [-0.2, -0.15) is 10.2 Å². The van der Waals surface area contributed by atoms with Crippen molar-refractivity contribution in [2.75, 3.05) is 6.26 Å². The average molecular weight is 333 g/mol. The van der Waals surface area contributed by atoms with Crippen molar-refractivity contribution >= 4 is 23.9 Å². The van der Waals surface area contributed by atoms with Gasteiger partial charge in [-0.3, -0.25) is 14.6 Å². The van der Waals surface area contributed by atoms with E-state index in [1.165, 1.54) is 6.21 Å². The highest BCUT2D eigenvalue weighted by Crippen LogP contribution is 2.13. The van der Waals surface area contributed by atoms with E-state index >= 15 is 0 Å². The molecule has 0 fully saturated rings. The first kappa shape index (κ1) is 16.7. The molecule has 2 rings (SSSR count). The summed E-state index contributed by atoms with van der Waals surface area (Å²) in [6.45, 7) is 0. The summed E-state index contributed by atoms with van der Waals surface area (Å²) in [5.74, 6) is -0.352. The molecule has 8 nitrogen and oxygen atoms in total. The van der Waals surface area contributed by atoms with Crippen LogP contribution in [0.15, 0.2) is 43.9 Å². The van der Waals surface area contributed by atoms with Gasteiger partial charge in [-0.05, 0) is 24.0 Å². The number of carbonyl (C=O) groups excluding carboxylic acids is 1. The number of nitrogens with one attached hydrogen (secondary N) is 3. The lowest BCUT2D eigenvalue weighted by Crippen LogP contribution is -2.28. The van der Waals surface area contributed by atoms with Crippen molar-refractivity contribution in [3.63, 3.8) is 0 Å². The van der Waals surface area contributed by atoms with Crippen LogP contribution in [-0.2, 0) is 11.2 Å². The Labute approximate surface area is 135 Å². The van der Waals surface area contributed by atoms with Crippen LogP contribution in [-0.4, -0.2) is 33.6 Å². The molecule has 3 N–H and O–H groups in total. The Morgan fingerprint density at radius 1 is 1.35 bits per heavy atom. The first-order valence-corrected chi connectivity index (χ1v) is 7.95. The molecule has 1 amide bonds. The zero-order valence-corrected chi connectivity index (χ0v) is 13.1. The largest absolute Gasteiger partial charge is 0.342 e. The maximum Gasteiger partial charge on any atom is 0.342 e. The summed E-state index contributed by atoms with van der Waals surface area (Å²) >= 11 is 1.64. The van der Waals surface area contributed by atoms with E-state index in [0.29, 0.717) is 0 Å². The molecule has 0 saturated carbocycles. The summed E-state index contributed by atoms with van der Waals surface area (Å²) in [7, 11) is 0. The fourth-order valence-corrected chi connectivity index (χ4v) is 2.11. The van der Waals surface area contributed by atoms with E-state index in [0.717, 1.165) is 10.5 Å². The highest BCUT2D eigenvalue weighted by Gasteiger charge is 2.06. The molecule has 0 unspecified atom stereocenters. The third kappa shape index (κ3) is 5.22.